The summed E-state index contributed by atoms with van der Waals surface area (Å²) in [5, 5.41) is 7.54. The van der Waals surface area contributed by atoms with E-state index in [-0.39, 0.29) is 11.8 Å². The molecule has 0 radical (unpaired) electrons. The monoisotopic (exact) mass is 454 g/mol. The standard InChI is InChI=1S/C28H26N2O4/c1-33-25(19-11-5-3-6-12-19)27(31)29-23-17-9-16-22-21(23)15-10-18-24(22)30-28(32)26(34-2)20-13-7-4-8-14-20/h3-18,25-26H,1-2H3,(H,29,31)(H,30,32)/t25-,26-/m0/s1. The Morgan fingerprint density at radius 3 is 1.29 bits per heavy atom. The minimum Gasteiger partial charge on any atom is -0.367 e. The first-order valence-electron chi connectivity index (χ1n) is 10.9. The zero-order chi connectivity index (χ0) is 23.9. The van der Waals surface area contributed by atoms with Gasteiger partial charge in [0.05, 0.1) is 0 Å². The van der Waals surface area contributed by atoms with Gasteiger partial charge in [-0.25, -0.2) is 0 Å². The van der Waals surface area contributed by atoms with Crippen LogP contribution in [0, 0.1) is 0 Å². The zero-order valence-electron chi connectivity index (χ0n) is 19.0. The Kier molecular flexibility index (Phi) is 7.32. The summed E-state index contributed by atoms with van der Waals surface area (Å²) in [6, 6.07) is 29.8. The molecule has 0 saturated heterocycles. The Morgan fingerprint density at radius 1 is 0.559 bits per heavy atom. The van der Waals surface area contributed by atoms with Crippen LogP contribution >= 0.6 is 0 Å². The lowest BCUT2D eigenvalue weighted by molar-refractivity contribution is -0.126. The summed E-state index contributed by atoms with van der Waals surface area (Å²) < 4.78 is 10.9. The second-order valence-corrected chi connectivity index (χ2v) is 7.74. The van der Waals surface area contributed by atoms with E-state index in [1.54, 1.807) is 0 Å². The third-order valence-corrected chi connectivity index (χ3v) is 5.59. The number of carbonyl (C=O) groups excluding carboxylic acids is 2. The van der Waals surface area contributed by atoms with Gasteiger partial charge in [0.15, 0.2) is 12.2 Å². The molecule has 6 nitrogen and oxygen atoms in total. The smallest absolute Gasteiger partial charge is 0.258 e. The Morgan fingerprint density at radius 2 is 0.941 bits per heavy atom. The molecule has 4 aromatic carbocycles. The van der Waals surface area contributed by atoms with Gasteiger partial charge in [0.1, 0.15) is 0 Å². The molecule has 0 fully saturated rings. The molecule has 0 heterocycles. The summed E-state index contributed by atoms with van der Waals surface area (Å²) in [7, 11) is 3.01. The van der Waals surface area contributed by atoms with E-state index in [1.165, 1.54) is 14.2 Å². The highest BCUT2D eigenvalue weighted by atomic mass is 16.5. The lowest BCUT2D eigenvalue weighted by Gasteiger charge is -2.18. The molecule has 0 saturated carbocycles. The third kappa shape index (κ3) is 4.98. The predicted molar refractivity (Wildman–Crippen MR) is 134 cm³/mol. The summed E-state index contributed by atoms with van der Waals surface area (Å²) in [5.74, 6) is -0.557. The van der Waals surface area contributed by atoms with Crippen molar-refractivity contribution in [2.75, 3.05) is 24.9 Å². The van der Waals surface area contributed by atoms with Crippen molar-refractivity contribution >= 4 is 34.0 Å². The molecule has 172 valence electrons. The highest BCUT2D eigenvalue weighted by molar-refractivity contribution is 6.10. The maximum Gasteiger partial charge on any atom is 0.258 e. The molecule has 0 aliphatic carbocycles. The number of ether oxygens (including phenoxy) is 2. The number of carbonyl (C=O) groups is 2. The van der Waals surface area contributed by atoms with Gasteiger partial charge in [-0.3, -0.25) is 9.59 Å². The fraction of sp³-hybridized carbons (Fsp3) is 0.143. The number of fused-ring (bicyclic) bond motifs is 1. The third-order valence-electron chi connectivity index (χ3n) is 5.59. The largest absolute Gasteiger partial charge is 0.367 e. The minimum atomic E-state index is -0.743. The van der Waals surface area contributed by atoms with Gasteiger partial charge in [0, 0.05) is 36.4 Å². The van der Waals surface area contributed by atoms with Crippen LogP contribution in [0.2, 0.25) is 0 Å². The topological polar surface area (TPSA) is 76.7 Å². The van der Waals surface area contributed by atoms with Gasteiger partial charge in [-0.05, 0) is 23.3 Å². The summed E-state index contributed by atoms with van der Waals surface area (Å²) in [5.41, 5.74) is 2.79. The van der Waals surface area contributed by atoms with E-state index in [0.717, 1.165) is 21.9 Å². The molecule has 0 aromatic heterocycles. The maximum absolute atomic E-state index is 13.0. The molecule has 0 aliphatic heterocycles. The van der Waals surface area contributed by atoms with Crippen molar-refractivity contribution in [1.82, 2.24) is 0 Å². The fourth-order valence-electron chi connectivity index (χ4n) is 3.97. The van der Waals surface area contributed by atoms with Crippen molar-refractivity contribution < 1.29 is 19.1 Å². The van der Waals surface area contributed by atoms with Crippen molar-refractivity contribution in [2.45, 2.75) is 12.2 Å². The molecule has 4 aromatic rings. The number of benzene rings is 4. The van der Waals surface area contributed by atoms with Gasteiger partial charge < -0.3 is 20.1 Å². The SMILES string of the molecule is CO[C@H](C(=O)Nc1cccc2c(NC(=O)[C@@H](OC)c3ccccc3)cccc12)c1ccccc1. The predicted octanol–water partition coefficient (Wildman–Crippen LogP) is 5.49. The molecule has 6 heteroatoms. The van der Waals surface area contributed by atoms with Crippen LogP contribution in [-0.2, 0) is 19.1 Å². The number of hydrogen-bond acceptors (Lipinski definition) is 4. The van der Waals surface area contributed by atoms with Crippen molar-refractivity contribution in [2.24, 2.45) is 0 Å². The van der Waals surface area contributed by atoms with E-state index in [4.69, 9.17) is 9.47 Å². The van der Waals surface area contributed by atoms with Crippen LogP contribution in [0.4, 0.5) is 11.4 Å². The summed E-state index contributed by atoms with van der Waals surface area (Å²) in [6.45, 7) is 0. The normalized spacial score (nSPS) is 12.6. The maximum atomic E-state index is 13.0. The number of nitrogens with one attached hydrogen (secondary N) is 2. The van der Waals surface area contributed by atoms with Crippen LogP contribution in [0.5, 0.6) is 0 Å². The van der Waals surface area contributed by atoms with Gasteiger partial charge in [-0.2, -0.15) is 0 Å². The number of methoxy groups -OCH3 is 2. The molecule has 0 spiro atoms. The van der Waals surface area contributed by atoms with Crippen molar-refractivity contribution in [1.29, 1.82) is 0 Å². The fourth-order valence-corrected chi connectivity index (χ4v) is 3.97. The molecule has 2 amide bonds. The van der Waals surface area contributed by atoms with Gasteiger partial charge in [0.2, 0.25) is 0 Å². The summed E-state index contributed by atoms with van der Waals surface area (Å²) in [4.78, 5) is 26.0. The molecule has 2 N–H and O–H groups in total. The van der Waals surface area contributed by atoms with Gasteiger partial charge in [0.25, 0.3) is 11.8 Å². The Bertz CT molecular complexity index is 1170. The molecule has 34 heavy (non-hydrogen) atoms. The van der Waals surface area contributed by atoms with Gasteiger partial charge in [-0.1, -0.05) is 84.9 Å². The number of hydrogen-bond donors (Lipinski definition) is 2. The Balaban J connectivity index is 1.60. The number of rotatable bonds is 8. The van der Waals surface area contributed by atoms with Crippen LogP contribution in [0.15, 0.2) is 97.1 Å². The zero-order valence-corrected chi connectivity index (χ0v) is 19.0. The lowest BCUT2D eigenvalue weighted by Crippen LogP contribution is -2.23. The number of amides is 2. The van der Waals surface area contributed by atoms with Gasteiger partial charge >= 0.3 is 0 Å². The molecule has 0 unspecified atom stereocenters. The van der Waals surface area contributed by atoms with E-state index in [2.05, 4.69) is 10.6 Å². The van der Waals surface area contributed by atoms with Gasteiger partial charge in [-0.15, -0.1) is 0 Å². The minimum absolute atomic E-state index is 0.279. The molecule has 4 rings (SSSR count). The number of anilines is 2. The average Bonchev–Trinajstić information content (AvgIpc) is 2.87. The van der Waals surface area contributed by atoms with E-state index >= 15 is 0 Å². The van der Waals surface area contributed by atoms with Crippen LogP contribution in [0.1, 0.15) is 23.3 Å². The first-order valence-corrected chi connectivity index (χ1v) is 10.9. The Hall–Kier alpha value is -4.00. The molecule has 0 aliphatic rings. The van der Waals surface area contributed by atoms with E-state index in [0.29, 0.717) is 11.4 Å². The van der Waals surface area contributed by atoms with Crippen molar-refractivity contribution in [3.63, 3.8) is 0 Å². The molecule has 0 bridgehead atoms. The highest BCUT2D eigenvalue weighted by Crippen LogP contribution is 2.31. The van der Waals surface area contributed by atoms with E-state index in [1.807, 2.05) is 97.1 Å². The first-order chi connectivity index (χ1) is 16.6. The Labute approximate surface area is 198 Å². The van der Waals surface area contributed by atoms with E-state index in [9.17, 15) is 9.59 Å². The van der Waals surface area contributed by atoms with Crippen LogP contribution in [-0.4, -0.2) is 26.0 Å². The second-order valence-electron chi connectivity index (χ2n) is 7.74. The summed E-state index contributed by atoms with van der Waals surface area (Å²) >= 11 is 0. The summed E-state index contributed by atoms with van der Waals surface area (Å²) in [6.07, 6.45) is -1.49. The quantitative estimate of drug-likeness (QED) is 0.369. The lowest BCUT2D eigenvalue weighted by atomic mass is 10.0. The highest BCUT2D eigenvalue weighted by Gasteiger charge is 2.22. The van der Waals surface area contributed by atoms with Crippen molar-refractivity contribution in [3.05, 3.63) is 108 Å². The molecule has 2 atom stereocenters. The average molecular weight is 455 g/mol. The molecular formula is C28H26N2O4. The van der Waals surface area contributed by atoms with Crippen molar-refractivity contribution in [3.8, 4) is 0 Å². The first kappa shape index (κ1) is 23.2. The van der Waals surface area contributed by atoms with Crippen LogP contribution < -0.4 is 10.6 Å². The second kappa shape index (κ2) is 10.7. The van der Waals surface area contributed by atoms with Crippen LogP contribution in [0.3, 0.4) is 0 Å². The van der Waals surface area contributed by atoms with E-state index < -0.39 is 12.2 Å². The van der Waals surface area contributed by atoms with Crippen LogP contribution in [0.25, 0.3) is 10.8 Å². The molecular weight excluding hydrogens is 428 g/mol.